The van der Waals surface area contributed by atoms with Gasteiger partial charge in [0.15, 0.2) is 0 Å². The minimum absolute atomic E-state index is 0.0300. The number of carbonyl (C=O) groups is 1. The number of ether oxygens (including phenoxy) is 1. The number of imidazole rings is 1. The average Bonchev–Trinajstić information content (AvgIpc) is 2.99. The van der Waals surface area contributed by atoms with Crippen molar-refractivity contribution in [1.29, 1.82) is 0 Å². The van der Waals surface area contributed by atoms with Gasteiger partial charge in [0, 0.05) is 12.4 Å². The molecule has 1 aromatic heterocycles. The lowest BCUT2D eigenvalue weighted by molar-refractivity contribution is 0.186. The number of anilines is 1. The number of hydrogen-bond donors (Lipinski definition) is 0. The van der Waals surface area contributed by atoms with E-state index in [1.54, 1.807) is 17.3 Å². The summed E-state index contributed by atoms with van der Waals surface area (Å²) in [4.78, 5) is 18.1. The first-order chi connectivity index (χ1) is 9.29. The molecule has 98 valence electrons. The first-order valence-electron chi connectivity index (χ1n) is 6.35. The molecule has 0 spiro atoms. The van der Waals surface area contributed by atoms with Crippen molar-refractivity contribution >= 4 is 11.7 Å². The molecule has 1 atom stereocenters. The van der Waals surface area contributed by atoms with Gasteiger partial charge in [0.1, 0.15) is 18.2 Å². The van der Waals surface area contributed by atoms with Crippen molar-refractivity contribution in [3.05, 3.63) is 43.0 Å². The predicted molar refractivity (Wildman–Crippen MR) is 71.5 cm³/mol. The Morgan fingerprint density at radius 2 is 2.32 bits per heavy atom. The highest BCUT2D eigenvalue weighted by atomic mass is 16.5. The molecule has 0 saturated heterocycles. The van der Waals surface area contributed by atoms with Gasteiger partial charge < -0.3 is 4.74 Å². The van der Waals surface area contributed by atoms with Crippen LogP contribution in [0.25, 0.3) is 0 Å². The van der Waals surface area contributed by atoms with E-state index in [1.807, 2.05) is 24.3 Å². The second-order valence-corrected chi connectivity index (χ2v) is 4.48. The summed E-state index contributed by atoms with van der Waals surface area (Å²) in [5, 5.41) is 0. The van der Waals surface area contributed by atoms with Crippen LogP contribution in [0.5, 0.6) is 5.75 Å². The van der Waals surface area contributed by atoms with Crippen LogP contribution in [0.1, 0.15) is 13.3 Å². The molecule has 2 heterocycles. The Hall–Kier alpha value is -2.30. The van der Waals surface area contributed by atoms with Crippen LogP contribution in [0, 0.1) is 0 Å². The number of aromatic nitrogens is 2. The second-order valence-electron chi connectivity index (χ2n) is 4.48. The van der Waals surface area contributed by atoms with E-state index < -0.39 is 0 Å². The molecule has 19 heavy (non-hydrogen) atoms. The molecule has 1 aliphatic rings. The van der Waals surface area contributed by atoms with Crippen molar-refractivity contribution in [3.8, 4) is 5.75 Å². The summed E-state index contributed by atoms with van der Waals surface area (Å²) in [5.41, 5.74) is 0.811. The van der Waals surface area contributed by atoms with Gasteiger partial charge in [-0.15, -0.1) is 0 Å². The van der Waals surface area contributed by atoms with Crippen molar-refractivity contribution in [3.63, 3.8) is 0 Å². The number of para-hydroxylation sites is 2. The Bertz CT molecular complexity index is 580. The number of rotatable bonds is 1. The maximum atomic E-state index is 12.5. The molecule has 1 aromatic carbocycles. The topological polar surface area (TPSA) is 47.4 Å². The highest BCUT2D eigenvalue weighted by molar-refractivity contribution is 5.95. The quantitative estimate of drug-likeness (QED) is 0.788. The fourth-order valence-corrected chi connectivity index (χ4v) is 2.20. The monoisotopic (exact) mass is 257 g/mol. The zero-order valence-electron chi connectivity index (χ0n) is 10.7. The molecule has 0 saturated carbocycles. The van der Waals surface area contributed by atoms with Crippen LogP contribution in [0.3, 0.4) is 0 Å². The van der Waals surface area contributed by atoms with Gasteiger partial charge in [-0.25, -0.2) is 9.78 Å². The molecule has 1 aliphatic heterocycles. The number of amides is 1. The summed E-state index contributed by atoms with van der Waals surface area (Å²) in [7, 11) is 0. The molecule has 1 unspecified atom stereocenters. The summed E-state index contributed by atoms with van der Waals surface area (Å²) in [6.07, 6.45) is 5.66. The normalized spacial score (nSPS) is 17.7. The van der Waals surface area contributed by atoms with Crippen molar-refractivity contribution < 1.29 is 9.53 Å². The molecule has 0 fully saturated rings. The predicted octanol–water partition coefficient (Wildman–Crippen LogP) is 2.53. The van der Waals surface area contributed by atoms with Gasteiger partial charge in [-0.05, 0) is 18.6 Å². The Labute approximate surface area is 111 Å². The van der Waals surface area contributed by atoms with Crippen LogP contribution in [0.4, 0.5) is 10.5 Å². The third kappa shape index (κ3) is 2.07. The first-order valence-corrected chi connectivity index (χ1v) is 6.35. The standard InChI is InChI=1S/C14H15N3O2/c1-2-11-9-17(14(18)16-8-7-15-10-16)12-5-3-4-6-13(12)19-11/h3-8,10-11H,2,9H2,1H3. The van der Waals surface area contributed by atoms with Gasteiger partial charge in [-0.3, -0.25) is 9.47 Å². The zero-order valence-corrected chi connectivity index (χ0v) is 10.7. The number of carbonyl (C=O) groups excluding carboxylic acids is 1. The summed E-state index contributed by atoms with van der Waals surface area (Å²) in [6.45, 7) is 2.61. The van der Waals surface area contributed by atoms with E-state index in [-0.39, 0.29) is 12.1 Å². The van der Waals surface area contributed by atoms with Crippen LogP contribution < -0.4 is 9.64 Å². The minimum Gasteiger partial charge on any atom is -0.486 e. The van der Waals surface area contributed by atoms with Crippen molar-refractivity contribution in [2.24, 2.45) is 0 Å². The molecular formula is C14H15N3O2. The maximum absolute atomic E-state index is 12.5. The zero-order chi connectivity index (χ0) is 13.2. The molecule has 0 bridgehead atoms. The molecule has 0 aliphatic carbocycles. The van der Waals surface area contributed by atoms with E-state index in [0.29, 0.717) is 6.54 Å². The number of hydrogen-bond acceptors (Lipinski definition) is 3. The van der Waals surface area contributed by atoms with Crippen molar-refractivity contribution in [2.45, 2.75) is 19.4 Å². The maximum Gasteiger partial charge on any atom is 0.334 e. The van der Waals surface area contributed by atoms with Crippen LogP contribution >= 0.6 is 0 Å². The van der Waals surface area contributed by atoms with E-state index in [1.165, 1.54) is 10.9 Å². The van der Waals surface area contributed by atoms with Gasteiger partial charge in [-0.1, -0.05) is 19.1 Å². The first kappa shape index (κ1) is 11.8. The van der Waals surface area contributed by atoms with E-state index >= 15 is 0 Å². The van der Waals surface area contributed by atoms with Crippen LogP contribution in [0.15, 0.2) is 43.0 Å². The summed E-state index contributed by atoms with van der Waals surface area (Å²) >= 11 is 0. The molecule has 0 N–H and O–H groups in total. The third-order valence-corrected chi connectivity index (χ3v) is 3.25. The van der Waals surface area contributed by atoms with Gasteiger partial charge >= 0.3 is 6.03 Å². The number of nitrogens with zero attached hydrogens (tertiary/aromatic N) is 3. The fraction of sp³-hybridized carbons (Fsp3) is 0.286. The van der Waals surface area contributed by atoms with E-state index in [0.717, 1.165) is 17.9 Å². The summed E-state index contributed by atoms with van der Waals surface area (Å²) in [5.74, 6) is 0.758. The molecule has 5 heteroatoms. The Morgan fingerprint density at radius 3 is 3.05 bits per heavy atom. The molecule has 2 aromatic rings. The lowest BCUT2D eigenvalue weighted by Gasteiger charge is -2.34. The Kier molecular flexibility index (Phi) is 2.95. The lowest BCUT2D eigenvalue weighted by Crippen LogP contribution is -2.44. The van der Waals surface area contributed by atoms with Crippen LogP contribution in [-0.4, -0.2) is 28.2 Å². The number of benzene rings is 1. The Balaban J connectivity index is 1.98. The van der Waals surface area contributed by atoms with Crippen LogP contribution in [-0.2, 0) is 0 Å². The molecule has 0 radical (unpaired) electrons. The summed E-state index contributed by atoms with van der Waals surface area (Å²) in [6, 6.07) is 7.51. The largest absolute Gasteiger partial charge is 0.486 e. The molecule has 1 amide bonds. The smallest absolute Gasteiger partial charge is 0.334 e. The van der Waals surface area contributed by atoms with Crippen molar-refractivity contribution in [2.75, 3.05) is 11.4 Å². The highest BCUT2D eigenvalue weighted by Crippen LogP contribution is 2.34. The second kappa shape index (κ2) is 4.76. The average molecular weight is 257 g/mol. The Morgan fingerprint density at radius 1 is 1.47 bits per heavy atom. The molecule has 5 nitrogen and oxygen atoms in total. The van der Waals surface area contributed by atoms with Crippen molar-refractivity contribution in [1.82, 2.24) is 9.55 Å². The van der Waals surface area contributed by atoms with Crippen LogP contribution in [0.2, 0.25) is 0 Å². The minimum atomic E-state index is -0.105. The highest BCUT2D eigenvalue weighted by Gasteiger charge is 2.29. The third-order valence-electron chi connectivity index (χ3n) is 3.25. The lowest BCUT2D eigenvalue weighted by atomic mass is 10.1. The fourth-order valence-electron chi connectivity index (χ4n) is 2.20. The van der Waals surface area contributed by atoms with Gasteiger partial charge in [0.05, 0.1) is 12.2 Å². The van der Waals surface area contributed by atoms with E-state index in [2.05, 4.69) is 11.9 Å². The summed E-state index contributed by atoms with van der Waals surface area (Å²) < 4.78 is 7.34. The number of fused-ring (bicyclic) bond motifs is 1. The van der Waals surface area contributed by atoms with Gasteiger partial charge in [-0.2, -0.15) is 0 Å². The van der Waals surface area contributed by atoms with E-state index in [4.69, 9.17) is 4.74 Å². The van der Waals surface area contributed by atoms with Gasteiger partial charge in [0.2, 0.25) is 0 Å². The molecular weight excluding hydrogens is 242 g/mol. The van der Waals surface area contributed by atoms with E-state index in [9.17, 15) is 4.79 Å². The van der Waals surface area contributed by atoms with Gasteiger partial charge in [0.25, 0.3) is 0 Å². The SMILES string of the molecule is CCC1CN(C(=O)n2ccnc2)c2ccccc2O1. The molecule has 3 rings (SSSR count).